The molecule has 1 aromatic heterocycles. The molecule has 0 radical (unpaired) electrons. The third kappa shape index (κ3) is 2.97. The molecule has 0 fully saturated rings. The first-order valence-electron chi connectivity index (χ1n) is 6.11. The number of nitro groups is 1. The Bertz CT molecular complexity index is 742. The monoisotopic (exact) mass is 287 g/mol. The molecule has 0 unspecified atom stereocenters. The van der Waals surface area contributed by atoms with Crippen LogP contribution in [0.15, 0.2) is 36.0 Å². The van der Waals surface area contributed by atoms with Crippen LogP contribution in [0.2, 0.25) is 0 Å². The highest BCUT2D eigenvalue weighted by Gasteiger charge is 2.17. The lowest BCUT2D eigenvalue weighted by Gasteiger charge is -2.06. The molecule has 0 atom stereocenters. The summed E-state index contributed by atoms with van der Waals surface area (Å²) in [4.78, 5) is 21.6. The van der Waals surface area contributed by atoms with E-state index in [1.807, 2.05) is 13.8 Å². The summed E-state index contributed by atoms with van der Waals surface area (Å²) in [7, 11) is 0. The molecule has 7 heteroatoms. The Hall–Kier alpha value is -2.96. The molecule has 21 heavy (non-hydrogen) atoms. The molecule has 0 saturated heterocycles. The van der Waals surface area contributed by atoms with Gasteiger partial charge in [-0.2, -0.15) is 5.10 Å². The van der Waals surface area contributed by atoms with Gasteiger partial charge < -0.3 is 5.11 Å². The Morgan fingerprint density at radius 2 is 2.14 bits per heavy atom. The van der Waals surface area contributed by atoms with Crippen molar-refractivity contribution in [1.82, 2.24) is 9.78 Å². The molecule has 0 amide bonds. The maximum absolute atomic E-state index is 11.2. The number of nitrogens with zero attached hydrogens (tertiary/aromatic N) is 3. The van der Waals surface area contributed by atoms with Crippen LogP contribution >= 0.6 is 0 Å². The highest BCUT2D eigenvalue weighted by Crippen LogP contribution is 2.21. The zero-order valence-electron chi connectivity index (χ0n) is 11.5. The maximum Gasteiger partial charge on any atom is 0.339 e. The summed E-state index contributed by atoms with van der Waals surface area (Å²) in [5, 5.41) is 24.1. The summed E-state index contributed by atoms with van der Waals surface area (Å²) >= 11 is 0. The van der Waals surface area contributed by atoms with E-state index in [1.54, 1.807) is 12.1 Å². The van der Waals surface area contributed by atoms with E-state index in [4.69, 9.17) is 0 Å². The Balaban J connectivity index is 2.64. The van der Waals surface area contributed by atoms with Crippen molar-refractivity contribution in [2.24, 2.45) is 0 Å². The number of nitro benzene ring substituents is 1. The number of hydrogen-bond donors (Lipinski definition) is 1. The number of non-ortho nitro benzene ring substituents is 1. The summed E-state index contributed by atoms with van der Waals surface area (Å²) in [5.74, 6) is -1.10. The second kappa shape index (κ2) is 5.58. The third-order valence-corrected chi connectivity index (χ3v) is 2.75. The average Bonchev–Trinajstić information content (AvgIpc) is 2.81. The van der Waals surface area contributed by atoms with Gasteiger partial charge in [0, 0.05) is 12.1 Å². The number of hydrogen-bond acceptors (Lipinski definition) is 4. The van der Waals surface area contributed by atoms with E-state index in [0.717, 1.165) is 5.57 Å². The minimum absolute atomic E-state index is 0.0442. The highest BCUT2D eigenvalue weighted by atomic mass is 16.6. The van der Waals surface area contributed by atoms with E-state index >= 15 is 0 Å². The fraction of sp³-hybridized carbons (Fsp3) is 0.143. The Morgan fingerprint density at radius 3 is 2.71 bits per heavy atom. The molecule has 0 bridgehead atoms. The largest absolute Gasteiger partial charge is 0.478 e. The molecule has 1 N–H and O–H groups in total. The predicted molar refractivity (Wildman–Crippen MR) is 76.5 cm³/mol. The minimum Gasteiger partial charge on any atom is -0.478 e. The van der Waals surface area contributed by atoms with E-state index in [9.17, 15) is 20.0 Å². The lowest BCUT2D eigenvalue weighted by Crippen LogP contribution is -2.03. The van der Waals surface area contributed by atoms with Crippen molar-refractivity contribution in [3.05, 3.63) is 57.4 Å². The van der Waals surface area contributed by atoms with Crippen molar-refractivity contribution in [2.75, 3.05) is 0 Å². The van der Waals surface area contributed by atoms with Gasteiger partial charge in [-0.25, -0.2) is 9.48 Å². The molecule has 1 heterocycles. The van der Waals surface area contributed by atoms with Gasteiger partial charge in [-0.05, 0) is 26.0 Å². The fourth-order valence-corrected chi connectivity index (χ4v) is 1.88. The zero-order chi connectivity index (χ0) is 15.6. The van der Waals surface area contributed by atoms with E-state index in [0.29, 0.717) is 11.4 Å². The molecule has 0 saturated carbocycles. The number of carboxylic acid groups (broad SMARTS) is 1. The normalized spacial score (nSPS) is 10.2. The number of benzene rings is 1. The van der Waals surface area contributed by atoms with Gasteiger partial charge in [0.1, 0.15) is 5.56 Å². The van der Waals surface area contributed by atoms with Crippen LogP contribution in [0.3, 0.4) is 0 Å². The topological polar surface area (TPSA) is 98.3 Å². The van der Waals surface area contributed by atoms with Crippen molar-refractivity contribution in [3.8, 4) is 5.69 Å². The molecular weight excluding hydrogens is 274 g/mol. The molecule has 1 aromatic carbocycles. The van der Waals surface area contributed by atoms with Crippen molar-refractivity contribution >= 4 is 17.7 Å². The van der Waals surface area contributed by atoms with E-state index in [-0.39, 0.29) is 11.3 Å². The molecule has 2 aromatic rings. The number of carboxylic acids is 1. The van der Waals surface area contributed by atoms with Crippen LogP contribution in [0.1, 0.15) is 29.9 Å². The van der Waals surface area contributed by atoms with Gasteiger partial charge in [0.15, 0.2) is 0 Å². The number of carbonyl (C=O) groups is 1. The number of aromatic carboxylic acids is 1. The SMILES string of the molecule is CC(C)=Cc1c(C(=O)O)cnn1-c1cccc([N+](=O)[O-])c1. The van der Waals surface area contributed by atoms with Crippen molar-refractivity contribution < 1.29 is 14.8 Å². The molecule has 7 nitrogen and oxygen atoms in total. The highest BCUT2D eigenvalue weighted by molar-refractivity contribution is 5.91. The molecule has 108 valence electrons. The molecular formula is C14H13N3O4. The van der Waals surface area contributed by atoms with Crippen LogP contribution in [-0.2, 0) is 0 Å². The lowest BCUT2D eigenvalue weighted by atomic mass is 10.2. The second-order valence-electron chi connectivity index (χ2n) is 4.66. The lowest BCUT2D eigenvalue weighted by molar-refractivity contribution is -0.384. The Morgan fingerprint density at radius 1 is 1.43 bits per heavy atom. The summed E-state index contributed by atoms with van der Waals surface area (Å²) in [6.45, 7) is 3.66. The predicted octanol–water partition coefficient (Wildman–Crippen LogP) is 2.90. The maximum atomic E-state index is 11.2. The average molecular weight is 287 g/mol. The summed E-state index contributed by atoms with van der Waals surface area (Å²) in [6, 6.07) is 5.88. The van der Waals surface area contributed by atoms with Gasteiger partial charge in [0.25, 0.3) is 5.69 Å². The van der Waals surface area contributed by atoms with Gasteiger partial charge in [-0.1, -0.05) is 11.6 Å². The molecule has 0 aliphatic rings. The standard InChI is InChI=1S/C14H13N3O4/c1-9(2)6-13-12(14(18)19)8-15-16(13)10-4-3-5-11(7-10)17(20)21/h3-8H,1-2H3,(H,18,19). The molecule has 2 rings (SSSR count). The van der Waals surface area contributed by atoms with Gasteiger partial charge >= 0.3 is 5.97 Å². The van der Waals surface area contributed by atoms with Crippen LogP contribution < -0.4 is 0 Å². The first-order valence-corrected chi connectivity index (χ1v) is 6.11. The van der Waals surface area contributed by atoms with Gasteiger partial charge in [-0.15, -0.1) is 0 Å². The van der Waals surface area contributed by atoms with Crippen LogP contribution in [0.4, 0.5) is 5.69 Å². The van der Waals surface area contributed by atoms with Gasteiger partial charge in [0.2, 0.25) is 0 Å². The smallest absolute Gasteiger partial charge is 0.339 e. The van der Waals surface area contributed by atoms with Crippen LogP contribution in [0.5, 0.6) is 0 Å². The number of rotatable bonds is 4. The minimum atomic E-state index is -1.10. The van der Waals surface area contributed by atoms with Crippen molar-refractivity contribution in [3.63, 3.8) is 0 Å². The summed E-state index contributed by atoms with van der Waals surface area (Å²) in [5.41, 5.74) is 1.67. The Labute approximate surface area is 120 Å². The van der Waals surface area contributed by atoms with Crippen molar-refractivity contribution in [2.45, 2.75) is 13.8 Å². The number of allylic oxidation sites excluding steroid dienone is 1. The Kier molecular flexibility index (Phi) is 3.84. The van der Waals surface area contributed by atoms with Crippen LogP contribution in [0, 0.1) is 10.1 Å². The molecule has 0 aliphatic carbocycles. The third-order valence-electron chi connectivity index (χ3n) is 2.75. The van der Waals surface area contributed by atoms with E-state index < -0.39 is 10.9 Å². The van der Waals surface area contributed by atoms with E-state index in [1.165, 1.54) is 29.1 Å². The summed E-state index contributed by atoms with van der Waals surface area (Å²) < 4.78 is 1.38. The first-order chi connectivity index (χ1) is 9.90. The quantitative estimate of drug-likeness (QED) is 0.688. The van der Waals surface area contributed by atoms with Gasteiger partial charge in [-0.3, -0.25) is 10.1 Å². The van der Waals surface area contributed by atoms with Crippen molar-refractivity contribution in [1.29, 1.82) is 0 Å². The van der Waals surface area contributed by atoms with Crippen LogP contribution in [-0.4, -0.2) is 25.8 Å². The van der Waals surface area contributed by atoms with Crippen LogP contribution in [0.25, 0.3) is 11.8 Å². The van der Waals surface area contributed by atoms with E-state index in [2.05, 4.69) is 5.10 Å². The zero-order valence-corrected chi connectivity index (χ0v) is 11.5. The van der Waals surface area contributed by atoms with Gasteiger partial charge in [0.05, 0.1) is 22.5 Å². The number of aromatic nitrogens is 2. The molecule has 0 aliphatic heterocycles. The fourth-order valence-electron chi connectivity index (χ4n) is 1.88. The second-order valence-corrected chi connectivity index (χ2v) is 4.66. The summed E-state index contributed by atoms with van der Waals surface area (Å²) in [6.07, 6.45) is 2.91. The first kappa shape index (κ1) is 14.4. The molecule has 0 spiro atoms.